The van der Waals surface area contributed by atoms with E-state index in [1.54, 1.807) is 24.3 Å². The first-order chi connectivity index (χ1) is 26.9. The van der Waals surface area contributed by atoms with Crippen LogP contribution in [-0.2, 0) is 17.9 Å². The van der Waals surface area contributed by atoms with E-state index in [0.717, 1.165) is 43.1 Å². The third-order valence-electron chi connectivity index (χ3n) is 9.34. The standard InChI is InChI=1S/C19H21F2NO.C18H29N2O.C4H8.3C2H6.CH3Br/c1-13-15(12-22(13)18-9-7-17(21)8-10-18)4-11-19(23)14-2-5-16(20)6-3-14;1-4-16(2)21-15-18-8-6-17(7-9-18)14-20(11-5-12-20)13-10-19-3;1-4(2)3;4*1-2/h2-3,5-10,13,15,19,23H,4,11-12H2,1H3;4,6-9,19H,5,10-15H2,1-3H3;1H2,2-3H3;3*1-2H3;1H3/q;+1;;;;;/b;16-4+;;;;;. The molecule has 0 bridgehead atoms. The first-order valence-electron chi connectivity index (χ1n) is 20.7. The Morgan fingerprint density at radius 3 is 1.80 bits per heavy atom. The SMILES string of the molecule is C/C=C(\C)OCc1ccc(C[N+]2(CCNC)CCC2)cc1.C=C(C)C.CBr.CC.CC.CC.CC1C(CCC(O)c2ccc(F)cc2)CN1c1ccc(F)cc1. The maximum atomic E-state index is 13.0. The Bertz CT molecular complexity index is 1410. The maximum Gasteiger partial charge on any atom is 0.123 e. The summed E-state index contributed by atoms with van der Waals surface area (Å²) in [7, 11) is 2.04. The molecule has 3 aromatic carbocycles. The molecule has 2 N–H and O–H groups in total. The third kappa shape index (κ3) is 21.5. The summed E-state index contributed by atoms with van der Waals surface area (Å²) in [6, 6.07) is 21.9. The van der Waals surface area contributed by atoms with Crippen molar-refractivity contribution in [2.24, 2.45) is 5.92 Å². The molecule has 5 nitrogen and oxygen atoms in total. The number of aliphatic hydroxyl groups excluding tert-OH is 1. The molecule has 5 rings (SSSR count). The van der Waals surface area contributed by atoms with E-state index in [1.165, 1.54) is 71.5 Å². The van der Waals surface area contributed by atoms with Crippen LogP contribution in [0.1, 0.15) is 118 Å². The lowest BCUT2D eigenvalue weighted by Gasteiger charge is -2.48. The van der Waals surface area contributed by atoms with Gasteiger partial charge >= 0.3 is 0 Å². The molecular formula is C48H79BrF2N3O2+. The number of hydrogen-bond donors (Lipinski definition) is 2. The summed E-state index contributed by atoms with van der Waals surface area (Å²) >= 11 is 2.94. The van der Waals surface area contributed by atoms with Crippen LogP contribution >= 0.6 is 15.9 Å². The molecule has 2 aliphatic rings. The average Bonchev–Trinajstić information content (AvgIpc) is 3.21. The summed E-state index contributed by atoms with van der Waals surface area (Å²) in [6.07, 6.45) is 4.39. The van der Waals surface area contributed by atoms with Crippen molar-refractivity contribution in [3.8, 4) is 0 Å². The van der Waals surface area contributed by atoms with E-state index in [0.29, 0.717) is 25.0 Å². The van der Waals surface area contributed by atoms with Gasteiger partial charge in [-0.05, 0) is 120 Å². The monoisotopic (exact) mass is 847 g/mol. The van der Waals surface area contributed by atoms with Gasteiger partial charge in [-0.3, -0.25) is 0 Å². The Hall–Kier alpha value is -3.04. The van der Waals surface area contributed by atoms with Crippen LogP contribution in [0.3, 0.4) is 0 Å². The molecule has 2 saturated heterocycles. The van der Waals surface area contributed by atoms with E-state index in [-0.39, 0.29) is 11.6 Å². The van der Waals surface area contributed by atoms with Gasteiger partial charge in [-0.25, -0.2) is 8.78 Å². The Morgan fingerprint density at radius 2 is 1.38 bits per heavy atom. The van der Waals surface area contributed by atoms with Crippen LogP contribution in [0.15, 0.2) is 96.8 Å². The number of rotatable bonds is 13. The number of nitrogens with one attached hydrogen (secondary N) is 1. The van der Waals surface area contributed by atoms with Gasteiger partial charge in [-0.2, -0.15) is 0 Å². The molecule has 0 aliphatic carbocycles. The maximum absolute atomic E-state index is 13.0. The quantitative estimate of drug-likeness (QED) is 0.0778. The van der Waals surface area contributed by atoms with Crippen molar-refractivity contribution >= 4 is 21.6 Å². The second-order valence-corrected chi connectivity index (χ2v) is 13.6. The number of hydrogen-bond acceptors (Lipinski definition) is 4. The minimum Gasteiger partial charge on any atom is -0.494 e. The fourth-order valence-electron chi connectivity index (χ4n) is 6.04. The Morgan fingerprint density at radius 1 is 0.893 bits per heavy atom. The smallest absolute Gasteiger partial charge is 0.123 e. The minimum absolute atomic E-state index is 0.221. The van der Waals surface area contributed by atoms with Gasteiger partial charge in [0, 0.05) is 36.8 Å². The molecule has 2 fully saturated rings. The highest BCUT2D eigenvalue weighted by Crippen LogP contribution is 2.35. The number of quaternary nitrogens is 1. The lowest BCUT2D eigenvalue weighted by molar-refractivity contribution is -0.974. The van der Waals surface area contributed by atoms with Crippen LogP contribution in [-0.4, -0.2) is 61.2 Å². The number of ether oxygens (including phenoxy) is 1. The Labute approximate surface area is 351 Å². The Balaban J connectivity index is 0. The number of benzene rings is 3. The number of likely N-dealkylation sites (N-methyl/N-ethyl adjacent to an activating group) is 1. The number of nitrogens with zero attached hydrogens (tertiary/aromatic N) is 2. The molecule has 3 aromatic rings. The highest BCUT2D eigenvalue weighted by Gasteiger charge is 2.36. The van der Waals surface area contributed by atoms with Crippen molar-refractivity contribution in [3.63, 3.8) is 0 Å². The fraction of sp³-hybridized carbons (Fsp3) is 0.542. The summed E-state index contributed by atoms with van der Waals surface area (Å²) in [5.41, 5.74) is 5.64. The lowest BCUT2D eigenvalue weighted by Crippen LogP contribution is -2.59. The van der Waals surface area contributed by atoms with E-state index < -0.39 is 6.10 Å². The van der Waals surface area contributed by atoms with E-state index in [9.17, 15) is 13.9 Å². The van der Waals surface area contributed by atoms with Crippen LogP contribution in [0.25, 0.3) is 0 Å². The third-order valence-corrected chi connectivity index (χ3v) is 9.34. The van der Waals surface area contributed by atoms with Crippen LogP contribution < -0.4 is 10.2 Å². The van der Waals surface area contributed by atoms with E-state index in [1.807, 2.05) is 88.2 Å². The second-order valence-electron chi connectivity index (χ2n) is 13.6. The van der Waals surface area contributed by atoms with Crippen molar-refractivity contribution < 1.29 is 23.1 Å². The number of aliphatic hydroxyl groups is 1. The Kier molecular flexibility index (Phi) is 32.4. The topological polar surface area (TPSA) is 44.7 Å². The zero-order chi connectivity index (χ0) is 43.1. The first kappa shape index (κ1) is 55.1. The normalized spacial score (nSPS) is 16.4. The summed E-state index contributed by atoms with van der Waals surface area (Å²) < 4.78 is 32.8. The van der Waals surface area contributed by atoms with E-state index in [2.05, 4.69) is 63.9 Å². The van der Waals surface area contributed by atoms with Gasteiger partial charge in [0.25, 0.3) is 0 Å². The second kappa shape index (κ2) is 33.0. The molecule has 3 atom stereocenters. The molecule has 2 aliphatic heterocycles. The van der Waals surface area contributed by atoms with Gasteiger partial charge in [0.05, 0.1) is 31.5 Å². The van der Waals surface area contributed by atoms with Gasteiger partial charge in [0.15, 0.2) is 0 Å². The van der Waals surface area contributed by atoms with Crippen molar-refractivity contribution in [2.45, 2.75) is 121 Å². The highest BCUT2D eigenvalue weighted by atomic mass is 79.9. The summed E-state index contributed by atoms with van der Waals surface area (Å²) in [6.45, 7) is 33.4. The largest absolute Gasteiger partial charge is 0.494 e. The molecule has 0 saturated carbocycles. The zero-order valence-electron chi connectivity index (χ0n) is 37.4. The number of anilines is 1. The molecule has 2 heterocycles. The molecule has 0 spiro atoms. The molecule has 8 heteroatoms. The molecule has 0 radical (unpaired) electrons. The summed E-state index contributed by atoms with van der Waals surface area (Å²) in [5, 5.41) is 13.5. The lowest BCUT2D eigenvalue weighted by atomic mass is 9.84. The highest BCUT2D eigenvalue weighted by molar-refractivity contribution is 9.08. The van der Waals surface area contributed by atoms with Crippen LogP contribution in [0, 0.1) is 17.6 Å². The molecule has 0 aromatic heterocycles. The zero-order valence-corrected chi connectivity index (χ0v) is 39.0. The van der Waals surface area contributed by atoms with Gasteiger partial charge in [-0.15, -0.1) is 6.58 Å². The molecule has 0 amide bonds. The summed E-state index contributed by atoms with van der Waals surface area (Å²) in [4.78, 5) is 2.24. The van der Waals surface area contributed by atoms with Gasteiger partial charge in [0.1, 0.15) is 24.8 Å². The number of likely N-dealkylation sites (tertiary alicyclic amines) is 1. The molecule has 318 valence electrons. The van der Waals surface area contributed by atoms with Gasteiger partial charge in [0.2, 0.25) is 0 Å². The predicted octanol–water partition coefficient (Wildman–Crippen LogP) is 13.0. The fourth-order valence-corrected chi connectivity index (χ4v) is 6.04. The summed E-state index contributed by atoms with van der Waals surface area (Å²) in [5.74, 6) is 2.79. The van der Waals surface area contributed by atoms with Crippen molar-refractivity contribution in [1.82, 2.24) is 5.32 Å². The van der Waals surface area contributed by atoms with E-state index in [4.69, 9.17) is 4.74 Å². The van der Waals surface area contributed by atoms with Crippen molar-refractivity contribution in [2.75, 3.05) is 50.5 Å². The van der Waals surface area contributed by atoms with Crippen molar-refractivity contribution in [1.29, 1.82) is 0 Å². The first-order valence-corrected chi connectivity index (χ1v) is 22.3. The average molecular weight is 848 g/mol. The minimum atomic E-state index is -0.553. The van der Waals surface area contributed by atoms with Gasteiger partial charge < -0.3 is 24.5 Å². The number of allylic oxidation sites excluding steroid dienone is 3. The molecule has 3 unspecified atom stereocenters. The van der Waals surface area contributed by atoms with Crippen molar-refractivity contribution in [3.05, 3.63) is 125 Å². The number of halogens is 3. The number of alkyl halides is 1. The molecular weight excluding hydrogens is 768 g/mol. The van der Waals surface area contributed by atoms with Crippen LogP contribution in [0.5, 0.6) is 0 Å². The molecule has 56 heavy (non-hydrogen) atoms. The van der Waals surface area contributed by atoms with Crippen LogP contribution in [0.4, 0.5) is 14.5 Å². The van der Waals surface area contributed by atoms with Crippen LogP contribution in [0.2, 0.25) is 0 Å². The van der Waals surface area contributed by atoms with Gasteiger partial charge in [-0.1, -0.05) is 99.4 Å². The predicted molar refractivity (Wildman–Crippen MR) is 244 cm³/mol. The van der Waals surface area contributed by atoms with E-state index >= 15 is 0 Å².